The summed E-state index contributed by atoms with van der Waals surface area (Å²) in [6.45, 7) is 4.22. The van der Waals surface area contributed by atoms with E-state index in [0.717, 1.165) is 12.0 Å². The summed E-state index contributed by atoms with van der Waals surface area (Å²) < 4.78 is 38.8. The molecule has 8 heteroatoms. The number of nitrogens with zero attached hydrogens (tertiary/aromatic N) is 2. The van der Waals surface area contributed by atoms with Gasteiger partial charge in [0.15, 0.2) is 11.5 Å². The predicted octanol–water partition coefficient (Wildman–Crippen LogP) is 2.30. The molecule has 1 amide bonds. The zero-order chi connectivity index (χ0) is 20.4. The van der Waals surface area contributed by atoms with Gasteiger partial charge in [-0.3, -0.25) is 4.79 Å². The third-order valence-corrected chi connectivity index (χ3v) is 7.04. The quantitative estimate of drug-likeness (QED) is 0.768. The van der Waals surface area contributed by atoms with E-state index in [1.165, 1.54) is 10.4 Å². The lowest BCUT2D eigenvalue weighted by atomic mass is 10.1. The molecule has 0 radical (unpaired) electrons. The molecule has 154 valence electrons. The maximum absolute atomic E-state index is 13.1. The van der Waals surface area contributed by atoms with Crippen LogP contribution >= 0.6 is 0 Å². The monoisotopic (exact) mass is 416 g/mol. The SMILES string of the molecule is Cc1cccc(C(=O)N2CCN(S(=O)(=O)c3ccc4c(c3)OCCCO4)CC2)c1. The Morgan fingerprint density at radius 2 is 1.66 bits per heavy atom. The van der Waals surface area contributed by atoms with Crippen molar-refractivity contribution in [3.63, 3.8) is 0 Å². The molecule has 0 saturated carbocycles. The molecule has 0 atom stereocenters. The van der Waals surface area contributed by atoms with Crippen molar-refractivity contribution in [3.8, 4) is 11.5 Å². The first kappa shape index (κ1) is 19.7. The first-order chi connectivity index (χ1) is 13.9. The number of carbonyl (C=O) groups excluding carboxylic acids is 1. The fourth-order valence-corrected chi connectivity index (χ4v) is 4.98. The van der Waals surface area contributed by atoms with E-state index in [9.17, 15) is 13.2 Å². The van der Waals surface area contributed by atoms with Crippen LogP contribution in [0.15, 0.2) is 47.4 Å². The van der Waals surface area contributed by atoms with Gasteiger partial charge in [-0.2, -0.15) is 4.31 Å². The van der Waals surface area contributed by atoms with Crippen molar-refractivity contribution in [2.24, 2.45) is 0 Å². The number of rotatable bonds is 3. The van der Waals surface area contributed by atoms with Crippen LogP contribution in [-0.2, 0) is 10.0 Å². The van der Waals surface area contributed by atoms with E-state index in [-0.39, 0.29) is 23.9 Å². The lowest BCUT2D eigenvalue weighted by Gasteiger charge is -2.34. The largest absolute Gasteiger partial charge is 0.490 e. The number of fused-ring (bicyclic) bond motifs is 1. The number of piperazine rings is 1. The molecule has 2 heterocycles. The maximum Gasteiger partial charge on any atom is 0.253 e. The van der Waals surface area contributed by atoms with Crippen molar-refractivity contribution in [2.45, 2.75) is 18.2 Å². The molecular formula is C21H24N2O5S. The van der Waals surface area contributed by atoms with Crippen LogP contribution in [0.2, 0.25) is 0 Å². The fraction of sp³-hybridized carbons (Fsp3) is 0.381. The smallest absolute Gasteiger partial charge is 0.253 e. The molecule has 0 unspecified atom stereocenters. The van der Waals surface area contributed by atoms with Crippen molar-refractivity contribution >= 4 is 15.9 Å². The zero-order valence-electron chi connectivity index (χ0n) is 16.3. The number of benzene rings is 2. The average molecular weight is 416 g/mol. The molecule has 1 saturated heterocycles. The summed E-state index contributed by atoms with van der Waals surface area (Å²) in [6.07, 6.45) is 0.758. The van der Waals surface area contributed by atoms with Crippen LogP contribution in [0.1, 0.15) is 22.3 Å². The van der Waals surface area contributed by atoms with Gasteiger partial charge in [0.25, 0.3) is 5.91 Å². The molecule has 2 aromatic rings. The van der Waals surface area contributed by atoms with Crippen molar-refractivity contribution < 1.29 is 22.7 Å². The molecule has 0 N–H and O–H groups in total. The number of hydrogen-bond acceptors (Lipinski definition) is 5. The standard InChI is InChI=1S/C21H24N2O5S/c1-16-4-2-5-17(14-16)21(24)22-8-10-23(11-9-22)29(25,26)18-6-7-19-20(15-18)28-13-3-12-27-19/h2,4-7,14-15H,3,8-13H2,1H3. The lowest BCUT2D eigenvalue weighted by molar-refractivity contribution is 0.0698. The number of sulfonamides is 1. The molecule has 7 nitrogen and oxygen atoms in total. The van der Waals surface area contributed by atoms with Crippen molar-refractivity contribution in [2.75, 3.05) is 39.4 Å². The summed E-state index contributed by atoms with van der Waals surface area (Å²) in [5.41, 5.74) is 1.65. The van der Waals surface area contributed by atoms with Crippen LogP contribution in [0.4, 0.5) is 0 Å². The van der Waals surface area contributed by atoms with E-state index in [1.54, 1.807) is 23.1 Å². The Kier molecular flexibility index (Phi) is 5.47. The summed E-state index contributed by atoms with van der Waals surface area (Å²) in [5, 5.41) is 0. The van der Waals surface area contributed by atoms with Gasteiger partial charge >= 0.3 is 0 Å². The fourth-order valence-electron chi connectivity index (χ4n) is 3.55. The Balaban J connectivity index is 1.46. The molecule has 2 aromatic carbocycles. The molecule has 0 aromatic heterocycles. The molecular weight excluding hydrogens is 392 g/mol. The summed E-state index contributed by atoms with van der Waals surface area (Å²) in [4.78, 5) is 14.6. The second-order valence-electron chi connectivity index (χ2n) is 7.22. The molecule has 2 aliphatic rings. The first-order valence-corrected chi connectivity index (χ1v) is 11.1. The third kappa shape index (κ3) is 4.09. The number of hydrogen-bond donors (Lipinski definition) is 0. The second kappa shape index (κ2) is 8.04. The minimum atomic E-state index is -3.67. The molecule has 2 aliphatic heterocycles. The van der Waals surface area contributed by atoms with Gasteiger partial charge in [0.2, 0.25) is 10.0 Å². The van der Waals surface area contributed by atoms with E-state index in [2.05, 4.69) is 0 Å². The molecule has 0 bridgehead atoms. The highest BCUT2D eigenvalue weighted by Crippen LogP contribution is 2.33. The highest BCUT2D eigenvalue weighted by Gasteiger charge is 2.31. The highest BCUT2D eigenvalue weighted by molar-refractivity contribution is 7.89. The molecule has 29 heavy (non-hydrogen) atoms. The topological polar surface area (TPSA) is 76.2 Å². The van der Waals surface area contributed by atoms with E-state index in [1.807, 2.05) is 25.1 Å². The summed E-state index contributed by atoms with van der Waals surface area (Å²) in [5.74, 6) is 0.952. The van der Waals surface area contributed by atoms with E-state index in [4.69, 9.17) is 9.47 Å². The van der Waals surface area contributed by atoms with Crippen LogP contribution in [0.5, 0.6) is 11.5 Å². The van der Waals surface area contributed by atoms with Gasteiger partial charge in [-0.1, -0.05) is 17.7 Å². The Morgan fingerprint density at radius 1 is 0.931 bits per heavy atom. The van der Waals surface area contributed by atoms with Gasteiger partial charge in [0.05, 0.1) is 18.1 Å². The lowest BCUT2D eigenvalue weighted by Crippen LogP contribution is -2.50. The number of carbonyl (C=O) groups is 1. The summed E-state index contributed by atoms with van der Waals surface area (Å²) in [6, 6.07) is 12.2. The first-order valence-electron chi connectivity index (χ1n) is 9.71. The number of aryl methyl sites for hydroxylation is 1. The van der Waals surface area contributed by atoms with Gasteiger partial charge in [-0.15, -0.1) is 0 Å². The second-order valence-corrected chi connectivity index (χ2v) is 9.16. The molecule has 1 fully saturated rings. The van der Waals surface area contributed by atoms with Crippen LogP contribution in [0.3, 0.4) is 0 Å². The van der Waals surface area contributed by atoms with Crippen molar-refractivity contribution in [3.05, 3.63) is 53.6 Å². The molecule has 4 rings (SSSR count). The van der Waals surface area contributed by atoms with Crippen LogP contribution in [-0.4, -0.2) is 62.9 Å². The van der Waals surface area contributed by atoms with Gasteiger partial charge < -0.3 is 14.4 Å². The Labute approximate surface area is 170 Å². The van der Waals surface area contributed by atoms with E-state index >= 15 is 0 Å². The van der Waals surface area contributed by atoms with Crippen LogP contribution in [0.25, 0.3) is 0 Å². The van der Waals surface area contributed by atoms with Gasteiger partial charge in [0.1, 0.15) is 0 Å². The average Bonchev–Trinajstić information content (AvgIpc) is 2.98. The third-order valence-electron chi connectivity index (χ3n) is 5.15. The minimum absolute atomic E-state index is 0.0682. The summed E-state index contributed by atoms with van der Waals surface area (Å²) >= 11 is 0. The summed E-state index contributed by atoms with van der Waals surface area (Å²) in [7, 11) is -3.67. The van der Waals surface area contributed by atoms with Crippen molar-refractivity contribution in [1.82, 2.24) is 9.21 Å². The number of amides is 1. The zero-order valence-corrected chi connectivity index (χ0v) is 17.2. The molecule has 0 aliphatic carbocycles. The van der Waals surface area contributed by atoms with Gasteiger partial charge in [-0.25, -0.2) is 8.42 Å². The Hall–Kier alpha value is -2.58. The molecule has 0 spiro atoms. The normalized spacial score (nSPS) is 17.6. The van der Waals surface area contributed by atoms with E-state index < -0.39 is 10.0 Å². The van der Waals surface area contributed by atoms with E-state index in [0.29, 0.717) is 43.4 Å². The van der Waals surface area contributed by atoms with Crippen LogP contribution < -0.4 is 9.47 Å². The Morgan fingerprint density at radius 3 is 2.38 bits per heavy atom. The van der Waals surface area contributed by atoms with Crippen LogP contribution in [0, 0.1) is 6.92 Å². The van der Waals surface area contributed by atoms with Gasteiger partial charge in [0, 0.05) is 44.2 Å². The number of ether oxygens (including phenoxy) is 2. The van der Waals surface area contributed by atoms with Gasteiger partial charge in [-0.05, 0) is 31.2 Å². The Bertz CT molecular complexity index is 1010. The van der Waals surface area contributed by atoms with Crippen molar-refractivity contribution in [1.29, 1.82) is 0 Å². The maximum atomic E-state index is 13.1. The minimum Gasteiger partial charge on any atom is -0.490 e. The predicted molar refractivity (Wildman–Crippen MR) is 108 cm³/mol. The highest BCUT2D eigenvalue weighted by atomic mass is 32.2.